The Morgan fingerprint density at radius 2 is 1.57 bits per heavy atom. The lowest BCUT2D eigenvalue weighted by Gasteiger charge is -2.03. The van der Waals surface area contributed by atoms with Gasteiger partial charge in [-0.25, -0.2) is 4.57 Å². The van der Waals surface area contributed by atoms with E-state index in [1.807, 2.05) is 0 Å². The van der Waals surface area contributed by atoms with Gasteiger partial charge in [-0.3, -0.25) is 4.98 Å². The number of nitrogens with zero attached hydrogens (tertiary/aromatic N) is 1. The minimum Gasteiger partial charge on any atom is -0.494 e. The van der Waals surface area contributed by atoms with Crippen LogP contribution in [0.25, 0.3) is 5.69 Å². The highest BCUT2D eigenvalue weighted by molar-refractivity contribution is 5.51. The molecule has 74 valence electrons. The normalized spacial score (nSPS) is 10.6. The largest absolute Gasteiger partial charge is 0.494 e. The first-order valence-electron chi connectivity index (χ1n) is 3.80. The fourth-order valence-corrected chi connectivity index (χ4v) is 1.25. The molecule has 0 fully saturated rings. The van der Waals surface area contributed by atoms with Crippen LogP contribution in [0.4, 0.5) is 0 Å². The Morgan fingerprint density at radius 1 is 1.00 bits per heavy atom. The zero-order valence-electron chi connectivity index (χ0n) is 6.97. The highest BCUT2D eigenvalue weighted by atomic mass is 16.3. The van der Waals surface area contributed by atoms with E-state index in [2.05, 4.69) is 4.98 Å². The van der Waals surface area contributed by atoms with Gasteiger partial charge in [0.1, 0.15) is 5.69 Å². The second-order valence-electron chi connectivity index (χ2n) is 2.77. The summed E-state index contributed by atoms with van der Waals surface area (Å²) in [7, 11) is 0. The van der Waals surface area contributed by atoms with Crippen molar-refractivity contribution in [1.82, 2.24) is 9.55 Å². The lowest BCUT2D eigenvalue weighted by atomic mass is 10.5. The molecule has 0 aliphatic rings. The van der Waals surface area contributed by atoms with Gasteiger partial charge in [-0.15, -0.1) is 0 Å². The molecule has 0 saturated heterocycles. The van der Waals surface area contributed by atoms with Crippen molar-refractivity contribution < 1.29 is 20.4 Å². The molecule has 0 spiro atoms. The fourth-order valence-electron chi connectivity index (χ4n) is 1.25. The van der Waals surface area contributed by atoms with Gasteiger partial charge in [0, 0.05) is 18.2 Å². The molecule has 14 heavy (non-hydrogen) atoms. The van der Waals surface area contributed by atoms with Crippen LogP contribution in [0.5, 0.6) is 23.5 Å². The van der Waals surface area contributed by atoms with E-state index in [1.165, 1.54) is 18.2 Å². The molecule has 0 aromatic carbocycles. The standard InChI is InChI=1S/C8H8N2O4/c11-5-3-4(8(14)9-5)10-6(12)1-2-7(10)13/h1-3,9,11-14H. The molecule has 0 atom stereocenters. The maximum Gasteiger partial charge on any atom is 0.216 e. The topological polar surface area (TPSA) is 102 Å². The van der Waals surface area contributed by atoms with Crippen molar-refractivity contribution in [2.45, 2.75) is 0 Å². The smallest absolute Gasteiger partial charge is 0.216 e. The van der Waals surface area contributed by atoms with Crippen LogP contribution < -0.4 is 0 Å². The zero-order valence-corrected chi connectivity index (χ0v) is 6.97. The molecule has 0 saturated carbocycles. The van der Waals surface area contributed by atoms with Crippen LogP contribution in [0.3, 0.4) is 0 Å². The summed E-state index contributed by atoms with van der Waals surface area (Å²) in [5.74, 6) is -1.08. The summed E-state index contributed by atoms with van der Waals surface area (Å²) in [6, 6.07) is 3.70. The van der Waals surface area contributed by atoms with Gasteiger partial charge in [-0.05, 0) is 0 Å². The van der Waals surface area contributed by atoms with Gasteiger partial charge < -0.3 is 20.4 Å². The number of aromatic nitrogens is 2. The molecule has 0 radical (unpaired) electrons. The molecule has 2 rings (SSSR count). The van der Waals surface area contributed by atoms with E-state index >= 15 is 0 Å². The van der Waals surface area contributed by atoms with Crippen LogP contribution in [0.15, 0.2) is 18.2 Å². The molecule has 2 heterocycles. The molecule has 2 aromatic heterocycles. The van der Waals surface area contributed by atoms with Gasteiger partial charge in [0.2, 0.25) is 5.88 Å². The predicted molar refractivity (Wildman–Crippen MR) is 46.8 cm³/mol. The quantitative estimate of drug-likeness (QED) is 0.461. The molecule has 6 heteroatoms. The monoisotopic (exact) mass is 196 g/mol. The van der Waals surface area contributed by atoms with Gasteiger partial charge >= 0.3 is 0 Å². The summed E-state index contributed by atoms with van der Waals surface area (Å²) in [4.78, 5) is 2.22. The van der Waals surface area contributed by atoms with Crippen LogP contribution in [-0.4, -0.2) is 30.0 Å². The summed E-state index contributed by atoms with van der Waals surface area (Å²) in [5, 5.41) is 36.9. The van der Waals surface area contributed by atoms with Crippen LogP contribution in [-0.2, 0) is 0 Å². The first kappa shape index (κ1) is 8.36. The zero-order chi connectivity index (χ0) is 10.3. The van der Waals surface area contributed by atoms with Crippen LogP contribution >= 0.6 is 0 Å². The minimum absolute atomic E-state index is 0.0718. The molecule has 0 unspecified atom stereocenters. The lowest BCUT2D eigenvalue weighted by molar-refractivity contribution is 0.393. The van der Waals surface area contributed by atoms with E-state index in [0.717, 1.165) is 4.57 Å². The molecule has 0 amide bonds. The lowest BCUT2D eigenvalue weighted by Crippen LogP contribution is -1.90. The molecule has 5 N–H and O–H groups in total. The van der Waals surface area contributed by atoms with E-state index < -0.39 is 0 Å². The number of hydrogen-bond donors (Lipinski definition) is 5. The van der Waals surface area contributed by atoms with Crippen LogP contribution in [0.1, 0.15) is 0 Å². The summed E-state index contributed by atoms with van der Waals surface area (Å²) in [6.07, 6.45) is 0. The Bertz CT molecular complexity index is 452. The highest BCUT2D eigenvalue weighted by Gasteiger charge is 2.14. The molecule has 0 aliphatic heterocycles. The maximum absolute atomic E-state index is 9.31. The van der Waals surface area contributed by atoms with Gasteiger partial charge in [-0.1, -0.05) is 0 Å². The molecule has 0 bridgehead atoms. The molecular formula is C8H8N2O4. The van der Waals surface area contributed by atoms with Crippen LogP contribution in [0, 0.1) is 0 Å². The van der Waals surface area contributed by atoms with Gasteiger partial charge in [0.25, 0.3) is 0 Å². The van der Waals surface area contributed by atoms with Crippen molar-refractivity contribution >= 4 is 0 Å². The number of aromatic amines is 1. The fraction of sp³-hybridized carbons (Fsp3) is 0. The number of hydrogen-bond acceptors (Lipinski definition) is 4. The first-order valence-corrected chi connectivity index (χ1v) is 3.80. The van der Waals surface area contributed by atoms with E-state index in [1.54, 1.807) is 0 Å². The summed E-state index contributed by atoms with van der Waals surface area (Å²) in [5.41, 5.74) is 0.0718. The maximum atomic E-state index is 9.31. The Morgan fingerprint density at radius 3 is 2.00 bits per heavy atom. The van der Waals surface area contributed by atoms with Crippen molar-refractivity contribution in [3.63, 3.8) is 0 Å². The minimum atomic E-state index is -0.343. The number of nitrogens with one attached hydrogen (secondary N) is 1. The molecule has 2 aromatic rings. The predicted octanol–water partition coefficient (Wildman–Crippen LogP) is 0.628. The first-order chi connectivity index (χ1) is 6.59. The summed E-state index contributed by atoms with van der Waals surface area (Å²) >= 11 is 0. The Balaban J connectivity index is 2.65. The Kier molecular flexibility index (Phi) is 1.57. The van der Waals surface area contributed by atoms with Crippen molar-refractivity contribution in [3.05, 3.63) is 18.2 Å². The van der Waals surface area contributed by atoms with E-state index in [4.69, 9.17) is 5.11 Å². The Hall–Kier alpha value is -2.24. The molecule has 0 aliphatic carbocycles. The molecule has 6 nitrogen and oxygen atoms in total. The van der Waals surface area contributed by atoms with Gasteiger partial charge in [0.05, 0.1) is 0 Å². The van der Waals surface area contributed by atoms with E-state index in [-0.39, 0.29) is 29.2 Å². The van der Waals surface area contributed by atoms with Gasteiger partial charge in [0.15, 0.2) is 17.6 Å². The average molecular weight is 196 g/mol. The van der Waals surface area contributed by atoms with Crippen molar-refractivity contribution in [2.75, 3.05) is 0 Å². The molecular weight excluding hydrogens is 188 g/mol. The SMILES string of the molecule is Oc1cc(-n2c(O)ccc2O)c(O)[nH]1. The number of aromatic hydroxyl groups is 4. The van der Waals surface area contributed by atoms with E-state index in [9.17, 15) is 15.3 Å². The Labute approximate surface area is 78.3 Å². The van der Waals surface area contributed by atoms with E-state index in [0.29, 0.717) is 0 Å². The van der Waals surface area contributed by atoms with Crippen molar-refractivity contribution in [1.29, 1.82) is 0 Å². The third kappa shape index (κ3) is 1.05. The highest BCUT2D eigenvalue weighted by Crippen LogP contribution is 2.33. The van der Waals surface area contributed by atoms with Crippen molar-refractivity contribution in [3.8, 4) is 29.2 Å². The number of H-pyrrole nitrogens is 1. The third-order valence-corrected chi connectivity index (χ3v) is 1.84. The second-order valence-corrected chi connectivity index (χ2v) is 2.77. The summed E-state index contributed by atoms with van der Waals surface area (Å²) < 4.78 is 0.978. The summed E-state index contributed by atoms with van der Waals surface area (Å²) in [6.45, 7) is 0. The van der Waals surface area contributed by atoms with Crippen molar-refractivity contribution in [2.24, 2.45) is 0 Å². The third-order valence-electron chi connectivity index (χ3n) is 1.84. The van der Waals surface area contributed by atoms with Gasteiger partial charge in [-0.2, -0.15) is 0 Å². The number of rotatable bonds is 1. The van der Waals surface area contributed by atoms with Crippen LogP contribution in [0.2, 0.25) is 0 Å². The second kappa shape index (κ2) is 2.63. The average Bonchev–Trinajstić information content (AvgIpc) is 2.57.